The van der Waals surface area contributed by atoms with E-state index in [1.54, 1.807) is 6.07 Å². The highest BCUT2D eigenvalue weighted by atomic mass is 16.1. The number of hydrogen-bond donors (Lipinski definition) is 1. The predicted molar refractivity (Wildman–Crippen MR) is 41.0 cm³/mol. The molecule has 1 N–H and O–H groups in total. The molecule has 0 saturated carbocycles. The molecule has 1 aromatic rings. The lowest BCUT2D eigenvalue weighted by Crippen LogP contribution is -2.13. The number of nitrogens with one attached hydrogen (secondary N) is 1. The minimum atomic E-state index is -0.0573. The van der Waals surface area contributed by atoms with E-state index in [2.05, 4.69) is 5.32 Å². The average Bonchev–Trinajstić information content (AvgIpc) is 2.34. The van der Waals surface area contributed by atoms with E-state index < -0.39 is 0 Å². The molecule has 1 heterocycles. The molecule has 0 spiro atoms. The van der Waals surface area contributed by atoms with Crippen molar-refractivity contribution >= 4 is 5.91 Å². The normalized spacial score (nSPS) is 14.5. The van der Waals surface area contributed by atoms with Gasteiger partial charge in [0.15, 0.2) is 0 Å². The van der Waals surface area contributed by atoms with Gasteiger partial charge in [-0.3, -0.25) is 4.79 Å². The molecule has 2 rings (SSSR count). The topological polar surface area (TPSA) is 29.1 Å². The molecule has 2 heteroatoms. The summed E-state index contributed by atoms with van der Waals surface area (Å²) in [5, 5.41) is 2.71. The fourth-order valence-corrected chi connectivity index (χ4v) is 1.31. The first-order chi connectivity index (χ1) is 5.29. The van der Waals surface area contributed by atoms with Gasteiger partial charge in [-0.15, -0.1) is 0 Å². The van der Waals surface area contributed by atoms with Crippen LogP contribution in [0.3, 0.4) is 0 Å². The van der Waals surface area contributed by atoms with E-state index in [1.165, 1.54) is 0 Å². The van der Waals surface area contributed by atoms with Crippen LogP contribution < -0.4 is 5.32 Å². The van der Waals surface area contributed by atoms with E-state index >= 15 is 0 Å². The molecule has 0 fully saturated rings. The summed E-state index contributed by atoms with van der Waals surface area (Å²) >= 11 is 0. The molecule has 1 amide bonds. The van der Waals surface area contributed by atoms with Gasteiger partial charge in [-0.2, -0.15) is 0 Å². The maximum absolute atomic E-state index is 11.1. The van der Waals surface area contributed by atoms with Crippen LogP contribution in [0.1, 0.15) is 21.5 Å². The van der Waals surface area contributed by atoms with E-state index in [-0.39, 0.29) is 5.91 Å². The van der Waals surface area contributed by atoms with Crippen LogP contribution in [0, 0.1) is 6.92 Å². The summed E-state index contributed by atoms with van der Waals surface area (Å²) in [6.07, 6.45) is 0. The number of fused-ring (bicyclic) bond motifs is 1. The van der Waals surface area contributed by atoms with Crippen molar-refractivity contribution in [2.24, 2.45) is 0 Å². The number of carbonyl (C=O) groups excluding carboxylic acids is 1. The minimum absolute atomic E-state index is 0.0573. The zero-order valence-corrected chi connectivity index (χ0v) is 5.92. The molecule has 1 aromatic carbocycles. The van der Waals surface area contributed by atoms with Crippen molar-refractivity contribution in [3.8, 4) is 0 Å². The van der Waals surface area contributed by atoms with Crippen molar-refractivity contribution in [1.29, 1.82) is 0 Å². The summed E-state index contributed by atoms with van der Waals surface area (Å²) in [6, 6.07) is 5.50. The van der Waals surface area contributed by atoms with E-state index in [4.69, 9.17) is 6.92 Å². The summed E-state index contributed by atoms with van der Waals surface area (Å²) in [6.45, 7) is 6.21. The Bertz CT molecular complexity index is 317. The maximum atomic E-state index is 11.1. The van der Waals surface area contributed by atoms with Gasteiger partial charge in [0.2, 0.25) is 0 Å². The van der Waals surface area contributed by atoms with Crippen LogP contribution in [0.2, 0.25) is 0 Å². The minimum Gasteiger partial charge on any atom is -0.348 e. The van der Waals surface area contributed by atoms with E-state index in [9.17, 15) is 4.79 Å². The molecule has 0 bridgehead atoms. The molecule has 11 heavy (non-hydrogen) atoms. The highest BCUT2D eigenvalue weighted by molar-refractivity contribution is 5.99. The second kappa shape index (κ2) is 2.09. The zero-order valence-electron chi connectivity index (χ0n) is 5.92. The number of carbonyl (C=O) groups is 1. The predicted octanol–water partition coefficient (Wildman–Crippen LogP) is 0.989. The third-order valence-electron chi connectivity index (χ3n) is 1.85. The molecule has 1 aliphatic rings. The van der Waals surface area contributed by atoms with E-state index in [0.717, 1.165) is 5.56 Å². The van der Waals surface area contributed by atoms with Gasteiger partial charge in [-0.25, -0.2) is 0 Å². The Morgan fingerprint density at radius 1 is 1.45 bits per heavy atom. The lowest BCUT2D eigenvalue weighted by molar-refractivity contribution is 0.0965. The molecule has 0 atom stereocenters. The maximum Gasteiger partial charge on any atom is 0.252 e. The number of benzene rings is 1. The summed E-state index contributed by atoms with van der Waals surface area (Å²) < 4.78 is 0. The molecule has 54 valence electrons. The fourth-order valence-electron chi connectivity index (χ4n) is 1.31. The van der Waals surface area contributed by atoms with Gasteiger partial charge in [0.1, 0.15) is 0 Å². The van der Waals surface area contributed by atoms with Gasteiger partial charge >= 0.3 is 0 Å². The molecule has 0 aromatic heterocycles. The van der Waals surface area contributed by atoms with Crippen LogP contribution >= 0.6 is 0 Å². The molecule has 0 unspecified atom stereocenters. The van der Waals surface area contributed by atoms with E-state index in [0.29, 0.717) is 17.7 Å². The van der Waals surface area contributed by atoms with Crippen molar-refractivity contribution in [2.45, 2.75) is 6.54 Å². The SMILES string of the molecule is [CH]c1cccc2c1C(=O)NC2. The first-order valence-corrected chi connectivity index (χ1v) is 3.44. The Hall–Kier alpha value is -1.31. The number of hydrogen-bond acceptors (Lipinski definition) is 1. The zero-order chi connectivity index (χ0) is 7.84. The first-order valence-electron chi connectivity index (χ1n) is 3.44. The molecular weight excluding hydrogens is 138 g/mol. The Kier molecular flexibility index (Phi) is 1.22. The summed E-state index contributed by atoms with van der Waals surface area (Å²) in [5.74, 6) is -0.0573. The van der Waals surface area contributed by atoms with Crippen molar-refractivity contribution in [3.05, 3.63) is 41.8 Å². The Labute approximate surface area is 65.2 Å². The summed E-state index contributed by atoms with van der Waals surface area (Å²) in [7, 11) is 0. The Morgan fingerprint density at radius 2 is 2.27 bits per heavy atom. The lowest BCUT2D eigenvalue weighted by Gasteiger charge is -1.97. The van der Waals surface area contributed by atoms with Crippen molar-refractivity contribution in [1.82, 2.24) is 5.32 Å². The highest BCUT2D eigenvalue weighted by Gasteiger charge is 2.19. The second-order valence-electron chi connectivity index (χ2n) is 2.56. The largest absolute Gasteiger partial charge is 0.348 e. The Balaban J connectivity index is 2.68. The van der Waals surface area contributed by atoms with E-state index in [1.807, 2.05) is 12.1 Å². The Morgan fingerprint density at radius 3 is 3.00 bits per heavy atom. The fraction of sp³-hybridized carbons (Fsp3) is 0.111. The third kappa shape index (κ3) is 0.827. The van der Waals surface area contributed by atoms with Gasteiger partial charge in [-0.1, -0.05) is 18.2 Å². The molecule has 2 nitrogen and oxygen atoms in total. The molecular formula is C9H7NO. The summed E-state index contributed by atoms with van der Waals surface area (Å²) in [4.78, 5) is 11.1. The smallest absolute Gasteiger partial charge is 0.252 e. The molecule has 0 saturated heterocycles. The van der Waals surface area contributed by atoms with Crippen LogP contribution in [-0.4, -0.2) is 5.91 Å². The third-order valence-corrected chi connectivity index (χ3v) is 1.85. The average molecular weight is 145 g/mol. The van der Waals surface area contributed by atoms with Gasteiger partial charge in [0.05, 0.1) is 0 Å². The van der Waals surface area contributed by atoms with Crippen LogP contribution in [0.5, 0.6) is 0 Å². The molecule has 2 radical (unpaired) electrons. The summed E-state index contributed by atoms with van der Waals surface area (Å²) in [5.41, 5.74) is 2.21. The van der Waals surface area contributed by atoms with Gasteiger partial charge in [0.25, 0.3) is 5.91 Å². The number of amides is 1. The van der Waals surface area contributed by atoms with Crippen molar-refractivity contribution in [2.75, 3.05) is 0 Å². The van der Waals surface area contributed by atoms with Gasteiger partial charge < -0.3 is 5.32 Å². The van der Waals surface area contributed by atoms with Crippen LogP contribution in [0.15, 0.2) is 18.2 Å². The van der Waals surface area contributed by atoms with Crippen LogP contribution in [-0.2, 0) is 6.54 Å². The quantitative estimate of drug-likeness (QED) is 0.579. The highest BCUT2D eigenvalue weighted by Crippen LogP contribution is 2.18. The standard InChI is InChI=1S/C9H7NO/c1-6-3-2-4-7-5-10-9(11)8(6)7/h1-4H,5H2,(H,10,11). The lowest BCUT2D eigenvalue weighted by atomic mass is 10.0. The monoisotopic (exact) mass is 145 g/mol. The van der Waals surface area contributed by atoms with Gasteiger partial charge in [0, 0.05) is 12.1 Å². The van der Waals surface area contributed by atoms with Crippen molar-refractivity contribution in [3.63, 3.8) is 0 Å². The second-order valence-corrected chi connectivity index (χ2v) is 2.56. The molecule has 0 aliphatic carbocycles. The molecule has 1 aliphatic heterocycles. The number of rotatable bonds is 0. The van der Waals surface area contributed by atoms with Crippen LogP contribution in [0.25, 0.3) is 0 Å². The van der Waals surface area contributed by atoms with Crippen molar-refractivity contribution < 1.29 is 4.79 Å². The van der Waals surface area contributed by atoms with Gasteiger partial charge in [-0.05, 0) is 18.1 Å². The van der Waals surface area contributed by atoms with Crippen LogP contribution in [0.4, 0.5) is 0 Å². The first kappa shape index (κ1) is 6.40.